The summed E-state index contributed by atoms with van der Waals surface area (Å²) in [5.41, 5.74) is 1.12. The van der Waals surface area contributed by atoms with E-state index in [0.717, 1.165) is 5.56 Å². The van der Waals surface area contributed by atoms with Gasteiger partial charge in [0.1, 0.15) is 5.82 Å². The number of halogens is 1. The van der Waals surface area contributed by atoms with Gasteiger partial charge < -0.3 is 14.4 Å². The van der Waals surface area contributed by atoms with Crippen LogP contribution >= 0.6 is 0 Å². The summed E-state index contributed by atoms with van der Waals surface area (Å²) in [6.07, 6.45) is 0.236. The Hall–Kier alpha value is -2.70. The molecule has 128 valence electrons. The molecule has 2 rings (SSSR count). The van der Waals surface area contributed by atoms with Crippen molar-refractivity contribution in [1.29, 1.82) is 5.41 Å². The average molecular weight is 334 g/mol. The minimum Gasteiger partial charge on any atom is -0.491 e. The SMILES string of the molecule is COC1=C(C(=N)OC(=[NH2+])Cc2ccc(F)cc2)CN(C(C)C)C1=O. The second-order valence-electron chi connectivity index (χ2n) is 5.74. The van der Waals surface area contributed by atoms with Gasteiger partial charge in [-0.3, -0.25) is 10.2 Å². The minimum absolute atomic E-state index is 0.0199. The highest BCUT2D eigenvalue weighted by Crippen LogP contribution is 2.23. The van der Waals surface area contributed by atoms with E-state index < -0.39 is 0 Å². The normalized spacial score (nSPS) is 14.4. The third kappa shape index (κ3) is 3.79. The van der Waals surface area contributed by atoms with Gasteiger partial charge in [0.25, 0.3) is 5.91 Å². The van der Waals surface area contributed by atoms with Crippen LogP contribution in [0.15, 0.2) is 35.6 Å². The Bertz CT molecular complexity index is 696. The summed E-state index contributed by atoms with van der Waals surface area (Å²) in [6.45, 7) is 4.00. The minimum atomic E-state index is -0.334. The Labute approximate surface area is 139 Å². The number of hydrogen-bond donors (Lipinski definition) is 2. The quantitative estimate of drug-likeness (QED) is 0.613. The largest absolute Gasteiger partial charge is 0.491 e. The number of rotatable bonds is 5. The first-order chi connectivity index (χ1) is 11.3. The highest BCUT2D eigenvalue weighted by atomic mass is 19.1. The molecule has 0 atom stereocenters. The van der Waals surface area contributed by atoms with Gasteiger partial charge in [-0.25, -0.2) is 9.80 Å². The zero-order chi connectivity index (χ0) is 17.9. The van der Waals surface area contributed by atoms with Crippen molar-refractivity contribution >= 4 is 17.7 Å². The van der Waals surface area contributed by atoms with Crippen molar-refractivity contribution in [2.75, 3.05) is 13.7 Å². The van der Waals surface area contributed by atoms with Gasteiger partial charge in [-0.2, -0.15) is 0 Å². The Kier molecular flexibility index (Phi) is 5.33. The van der Waals surface area contributed by atoms with Gasteiger partial charge in [0.2, 0.25) is 5.90 Å². The number of ether oxygens (including phenoxy) is 2. The molecule has 0 aliphatic carbocycles. The van der Waals surface area contributed by atoms with Gasteiger partial charge in [-0.1, -0.05) is 12.1 Å². The van der Waals surface area contributed by atoms with Crippen LogP contribution in [0.25, 0.3) is 0 Å². The molecule has 0 radical (unpaired) electrons. The fourth-order valence-corrected chi connectivity index (χ4v) is 2.41. The van der Waals surface area contributed by atoms with Crippen molar-refractivity contribution in [2.45, 2.75) is 26.3 Å². The summed E-state index contributed by atoms with van der Waals surface area (Å²) >= 11 is 0. The van der Waals surface area contributed by atoms with E-state index in [2.05, 4.69) is 0 Å². The predicted molar refractivity (Wildman–Crippen MR) is 86.7 cm³/mol. The molecule has 7 heteroatoms. The molecule has 24 heavy (non-hydrogen) atoms. The fraction of sp³-hybridized carbons (Fsp3) is 0.353. The van der Waals surface area contributed by atoms with Crippen molar-refractivity contribution in [3.05, 3.63) is 47.0 Å². The van der Waals surface area contributed by atoms with Crippen LogP contribution in [0, 0.1) is 11.2 Å². The number of nitrogens with one attached hydrogen (secondary N) is 1. The monoisotopic (exact) mass is 334 g/mol. The maximum absolute atomic E-state index is 12.9. The standard InChI is InChI=1S/C17H20FN3O3/c1-10(2)21-9-13(15(23-3)17(21)22)16(20)24-14(19)8-11-4-6-12(18)7-5-11/h4-7,10,19-20H,8-9H2,1-3H3/p+1. The molecule has 1 aromatic rings. The van der Waals surface area contributed by atoms with Crippen molar-refractivity contribution in [1.82, 2.24) is 4.90 Å². The molecule has 0 spiro atoms. The van der Waals surface area contributed by atoms with Crippen molar-refractivity contribution < 1.29 is 24.1 Å². The summed E-state index contributed by atoms with van der Waals surface area (Å²) in [5, 5.41) is 13.9. The number of hydrogen-bond acceptors (Lipinski definition) is 4. The van der Waals surface area contributed by atoms with Gasteiger partial charge in [-0.15, -0.1) is 0 Å². The highest BCUT2D eigenvalue weighted by Gasteiger charge is 2.36. The van der Waals surface area contributed by atoms with Gasteiger partial charge in [0, 0.05) is 6.04 Å². The van der Waals surface area contributed by atoms with Crippen LogP contribution in [0.2, 0.25) is 0 Å². The maximum atomic E-state index is 12.9. The summed E-state index contributed by atoms with van der Waals surface area (Å²) in [6, 6.07) is 5.82. The summed E-state index contributed by atoms with van der Waals surface area (Å²) < 4.78 is 23.4. The first-order valence-corrected chi connectivity index (χ1v) is 7.54. The third-order valence-corrected chi connectivity index (χ3v) is 3.68. The number of methoxy groups -OCH3 is 1. The van der Waals surface area contributed by atoms with E-state index in [0.29, 0.717) is 5.57 Å². The maximum Gasteiger partial charge on any atom is 0.344 e. The molecule has 3 N–H and O–H groups in total. The number of nitrogens with two attached hydrogens (primary N) is 1. The molecule has 0 unspecified atom stereocenters. The number of benzene rings is 1. The molecular weight excluding hydrogens is 313 g/mol. The van der Waals surface area contributed by atoms with E-state index in [1.54, 1.807) is 17.0 Å². The number of carbonyl (C=O) groups is 1. The molecule has 6 nitrogen and oxygen atoms in total. The molecule has 0 saturated carbocycles. The molecule has 1 heterocycles. The zero-order valence-corrected chi connectivity index (χ0v) is 13.9. The van der Waals surface area contributed by atoms with Gasteiger partial charge >= 0.3 is 5.90 Å². The smallest absolute Gasteiger partial charge is 0.344 e. The molecule has 1 aliphatic rings. The van der Waals surface area contributed by atoms with Gasteiger partial charge in [-0.05, 0) is 31.5 Å². The average Bonchev–Trinajstić information content (AvgIpc) is 2.86. The van der Waals surface area contributed by atoms with Crippen LogP contribution < -0.4 is 5.41 Å². The van der Waals surface area contributed by atoms with E-state index in [4.69, 9.17) is 20.3 Å². The van der Waals surface area contributed by atoms with Crippen molar-refractivity contribution in [2.24, 2.45) is 0 Å². The summed E-state index contributed by atoms with van der Waals surface area (Å²) in [7, 11) is 1.38. The lowest BCUT2D eigenvalue weighted by Crippen LogP contribution is -2.44. The topological polar surface area (TPSA) is 88.2 Å². The lowest BCUT2D eigenvalue weighted by Gasteiger charge is -2.20. The van der Waals surface area contributed by atoms with Crippen molar-refractivity contribution in [3.8, 4) is 0 Å². The van der Waals surface area contributed by atoms with E-state index in [1.807, 2.05) is 13.8 Å². The van der Waals surface area contributed by atoms with Crippen molar-refractivity contribution in [3.63, 3.8) is 0 Å². The second kappa shape index (κ2) is 7.25. The molecule has 0 bridgehead atoms. The molecule has 0 aromatic heterocycles. The highest BCUT2D eigenvalue weighted by molar-refractivity contribution is 6.08. The zero-order valence-electron chi connectivity index (χ0n) is 13.9. The molecule has 1 amide bonds. The lowest BCUT2D eigenvalue weighted by molar-refractivity contribution is -0.134. The van der Waals surface area contributed by atoms with E-state index in [-0.39, 0.29) is 48.3 Å². The van der Waals surface area contributed by atoms with Gasteiger partial charge in [0.05, 0.1) is 25.6 Å². The summed E-state index contributed by atoms with van der Waals surface area (Å²) in [5.74, 6) is -0.636. The number of nitrogens with zero attached hydrogens (tertiary/aromatic N) is 1. The van der Waals surface area contributed by atoms with Gasteiger partial charge in [0.15, 0.2) is 5.76 Å². The Balaban J connectivity index is 2.05. The number of amides is 1. The van der Waals surface area contributed by atoms with Crippen LogP contribution in [0.5, 0.6) is 0 Å². The van der Waals surface area contributed by atoms with Crippen LogP contribution in [-0.4, -0.2) is 42.3 Å². The fourth-order valence-electron chi connectivity index (χ4n) is 2.41. The van der Waals surface area contributed by atoms with Crippen LogP contribution in [-0.2, 0) is 20.7 Å². The molecular formula is C17H21FN3O3+. The molecule has 0 saturated heterocycles. The van der Waals surface area contributed by atoms with Crippen LogP contribution in [0.1, 0.15) is 19.4 Å². The number of carbonyl (C=O) groups excluding carboxylic acids is 1. The first-order valence-electron chi connectivity index (χ1n) is 7.54. The Morgan fingerprint density at radius 3 is 2.54 bits per heavy atom. The first kappa shape index (κ1) is 17.7. The summed E-state index contributed by atoms with van der Waals surface area (Å²) in [4.78, 5) is 13.8. The van der Waals surface area contributed by atoms with E-state index in [9.17, 15) is 9.18 Å². The third-order valence-electron chi connectivity index (χ3n) is 3.68. The lowest BCUT2D eigenvalue weighted by atomic mass is 10.1. The Morgan fingerprint density at radius 1 is 1.38 bits per heavy atom. The van der Waals surface area contributed by atoms with E-state index in [1.165, 1.54) is 19.2 Å². The predicted octanol–water partition coefficient (Wildman–Crippen LogP) is 0.671. The second-order valence-corrected chi connectivity index (χ2v) is 5.74. The van der Waals surface area contributed by atoms with Crippen LogP contribution in [0.4, 0.5) is 4.39 Å². The molecule has 1 aromatic carbocycles. The Morgan fingerprint density at radius 2 is 2.00 bits per heavy atom. The molecule has 0 fully saturated rings. The van der Waals surface area contributed by atoms with Crippen LogP contribution in [0.3, 0.4) is 0 Å². The molecule has 1 aliphatic heterocycles. The van der Waals surface area contributed by atoms with E-state index >= 15 is 0 Å².